The van der Waals surface area contributed by atoms with Gasteiger partial charge in [0.05, 0.1) is 29.9 Å². The van der Waals surface area contributed by atoms with Crippen LogP contribution in [0.2, 0.25) is 0 Å². The summed E-state index contributed by atoms with van der Waals surface area (Å²) >= 11 is 0. The Bertz CT molecular complexity index is 3850. The first-order valence-corrected chi connectivity index (χ1v) is 30.6. The molecule has 450 valence electrons. The standard InChI is InChI=1S/C77H93N5O4/c1-71(2,3)50-36-47(37-51(42-50)72(4,5)6)66-58-29-27-56(78-58)65(46-25-23-45(24-26-46)35-64(69(83)85-22)82-70(84)86-77(19,20)21)57-28-30-59(79-57)67(48-38-52(73(7,8)9)43-53(39-48)74(10,11)12)61-32-34-63(81-61)68(62-33-31-60(66)80-62)49-40-54(75(13,14)15)44-55(41-49)76(16,17)18/h23-34,36-44,64,78,81H,35H2,1-22H3,(H,82,84)/t64-/m1/s1. The third kappa shape index (κ3) is 13.7. The highest BCUT2D eigenvalue weighted by Gasteiger charge is 2.30. The van der Waals surface area contributed by atoms with Crippen LogP contribution in [0.15, 0.2) is 103 Å². The second-order valence-corrected chi connectivity index (χ2v) is 31.0. The van der Waals surface area contributed by atoms with E-state index in [4.69, 9.17) is 19.4 Å². The van der Waals surface area contributed by atoms with Crippen molar-refractivity contribution in [3.05, 3.63) is 165 Å². The highest BCUT2D eigenvalue weighted by atomic mass is 16.6. The van der Waals surface area contributed by atoms with Crippen LogP contribution < -0.4 is 5.32 Å². The van der Waals surface area contributed by atoms with E-state index < -0.39 is 23.7 Å². The maximum atomic E-state index is 13.2. The van der Waals surface area contributed by atoms with Gasteiger partial charge in [-0.2, -0.15) is 0 Å². The maximum absolute atomic E-state index is 13.2. The number of amides is 1. The number of fused-ring (bicyclic) bond motifs is 8. The van der Waals surface area contributed by atoms with Crippen molar-refractivity contribution in [2.24, 2.45) is 0 Å². The number of carbonyl (C=O) groups is 2. The molecule has 0 unspecified atom stereocenters. The monoisotopic (exact) mass is 1150 g/mol. The van der Waals surface area contributed by atoms with Crippen LogP contribution in [0.4, 0.5) is 4.79 Å². The third-order valence-electron chi connectivity index (χ3n) is 16.5. The number of H-pyrrole nitrogens is 2. The average Bonchev–Trinajstić information content (AvgIpc) is 1.61. The number of esters is 1. The Balaban J connectivity index is 1.44. The lowest BCUT2D eigenvalue weighted by molar-refractivity contribution is -0.143. The number of aromatic amines is 2. The first-order valence-electron chi connectivity index (χ1n) is 30.6. The molecule has 9 rings (SSSR count). The van der Waals surface area contributed by atoms with Crippen LogP contribution in [0.3, 0.4) is 0 Å². The zero-order chi connectivity index (χ0) is 63.0. The van der Waals surface area contributed by atoms with Gasteiger partial charge in [-0.15, -0.1) is 0 Å². The molecular weight excluding hydrogens is 1060 g/mol. The number of alkyl carbamates (subject to hydrolysis) is 1. The summed E-state index contributed by atoms with van der Waals surface area (Å²) in [7, 11) is 1.32. The van der Waals surface area contributed by atoms with Gasteiger partial charge < -0.3 is 24.8 Å². The van der Waals surface area contributed by atoms with Gasteiger partial charge in [-0.25, -0.2) is 19.6 Å². The summed E-state index contributed by atoms with van der Waals surface area (Å²) in [5.74, 6) is -0.567. The van der Waals surface area contributed by atoms with Crippen molar-refractivity contribution in [2.45, 2.75) is 196 Å². The van der Waals surface area contributed by atoms with Crippen molar-refractivity contribution in [1.82, 2.24) is 25.3 Å². The van der Waals surface area contributed by atoms with Gasteiger partial charge in [-0.3, -0.25) is 0 Å². The van der Waals surface area contributed by atoms with E-state index in [0.717, 1.165) is 94.9 Å². The largest absolute Gasteiger partial charge is 0.467 e. The molecular formula is C77H93N5O4. The van der Waals surface area contributed by atoms with Crippen LogP contribution in [0.5, 0.6) is 0 Å². The Morgan fingerprint density at radius 3 is 0.942 bits per heavy atom. The van der Waals surface area contributed by atoms with E-state index >= 15 is 0 Å². The molecule has 2 aliphatic heterocycles. The Morgan fingerprint density at radius 1 is 0.407 bits per heavy atom. The van der Waals surface area contributed by atoms with Crippen molar-refractivity contribution < 1.29 is 19.1 Å². The van der Waals surface area contributed by atoms with Crippen LogP contribution in [0.1, 0.15) is 207 Å². The summed E-state index contributed by atoms with van der Waals surface area (Å²) in [6.45, 7) is 46.5. The first-order chi connectivity index (χ1) is 39.7. The first kappa shape index (κ1) is 62.7. The van der Waals surface area contributed by atoms with E-state index in [2.05, 4.69) is 255 Å². The molecule has 2 aliphatic rings. The molecule has 4 aromatic carbocycles. The lowest BCUT2D eigenvalue weighted by atomic mass is 9.78. The molecule has 86 heavy (non-hydrogen) atoms. The molecule has 0 radical (unpaired) electrons. The molecule has 3 N–H and O–H groups in total. The highest BCUT2D eigenvalue weighted by Crippen LogP contribution is 2.44. The Hall–Kier alpha value is -7.78. The summed E-state index contributed by atoms with van der Waals surface area (Å²) in [6, 6.07) is 37.3. The van der Waals surface area contributed by atoms with Gasteiger partial charge in [-0.05, 0) is 163 Å². The fraction of sp³-hybridized carbons (Fsp3) is 0.403. The fourth-order valence-corrected chi connectivity index (χ4v) is 11.2. The Morgan fingerprint density at radius 2 is 0.686 bits per heavy atom. The fourth-order valence-electron chi connectivity index (χ4n) is 11.2. The second-order valence-electron chi connectivity index (χ2n) is 31.0. The number of hydrogen-bond acceptors (Lipinski definition) is 6. The summed E-state index contributed by atoms with van der Waals surface area (Å²) < 4.78 is 10.7. The number of carbonyl (C=O) groups excluding carboxylic acids is 2. The van der Waals surface area contributed by atoms with Gasteiger partial charge in [0.25, 0.3) is 0 Å². The summed E-state index contributed by atoms with van der Waals surface area (Å²) in [4.78, 5) is 45.8. The molecule has 0 saturated carbocycles. The Kier molecular flexibility index (Phi) is 16.4. The van der Waals surface area contributed by atoms with Crippen LogP contribution in [-0.4, -0.2) is 50.8 Å². The second kappa shape index (κ2) is 22.5. The summed E-state index contributed by atoms with van der Waals surface area (Å²) in [6.07, 6.45) is 8.19. The molecule has 0 aliphatic carbocycles. The van der Waals surface area contributed by atoms with Gasteiger partial charge in [0.15, 0.2) is 0 Å². The van der Waals surface area contributed by atoms with Crippen LogP contribution in [0.25, 0.3) is 90.9 Å². The molecule has 9 nitrogen and oxygen atoms in total. The lowest BCUT2D eigenvalue weighted by Crippen LogP contribution is -2.45. The van der Waals surface area contributed by atoms with E-state index in [1.165, 1.54) is 40.5 Å². The van der Waals surface area contributed by atoms with Crippen molar-refractivity contribution in [2.75, 3.05) is 7.11 Å². The number of hydrogen-bond donors (Lipinski definition) is 3. The molecule has 8 bridgehead atoms. The minimum atomic E-state index is -0.975. The van der Waals surface area contributed by atoms with Gasteiger partial charge in [0, 0.05) is 50.7 Å². The zero-order valence-electron chi connectivity index (χ0n) is 55.4. The van der Waals surface area contributed by atoms with Crippen molar-refractivity contribution in [1.29, 1.82) is 0 Å². The predicted octanol–water partition coefficient (Wildman–Crippen LogP) is 19.7. The van der Waals surface area contributed by atoms with Gasteiger partial charge in [-0.1, -0.05) is 203 Å². The highest BCUT2D eigenvalue weighted by molar-refractivity contribution is 6.00. The number of benzene rings is 4. The topological polar surface area (TPSA) is 122 Å². The molecule has 0 spiro atoms. The summed E-state index contributed by atoms with van der Waals surface area (Å²) in [5, 5.41) is 2.75. The van der Waals surface area contributed by atoms with E-state index in [1.54, 1.807) is 20.8 Å². The maximum Gasteiger partial charge on any atom is 0.408 e. The number of ether oxygens (including phenoxy) is 2. The van der Waals surface area contributed by atoms with Crippen LogP contribution >= 0.6 is 0 Å². The minimum absolute atomic E-state index is 0.132. The number of methoxy groups -OCH3 is 1. The summed E-state index contributed by atoms with van der Waals surface area (Å²) in [5.41, 5.74) is 21.7. The minimum Gasteiger partial charge on any atom is -0.467 e. The number of nitrogens with zero attached hydrogens (tertiary/aromatic N) is 2. The van der Waals surface area contributed by atoms with Gasteiger partial charge in [0.2, 0.25) is 0 Å². The average molecular weight is 1150 g/mol. The molecule has 9 heteroatoms. The molecule has 7 aromatic rings. The molecule has 3 aromatic heterocycles. The third-order valence-corrected chi connectivity index (χ3v) is 16.5. The van der Waals surface area contributed by atoms with E-state index in [-0.39, 0.29) is 38.9 Å². The predicted molar refractivity (Wildman–Crippen MR) is 362 cm³/mol. The molecule has 0 fully saturated rings. The van der Waals surface area contributed by atoms with E-state index in [1.807, 2.05) is 12.1 Å². The molecule has 0 saturated heterocycles. The number of rotatable bonds is 8. The Labute approximate surface area is 512 Å². The van der Waals surface area contributed by atoms with Gasteiger partial charge in [0.1, 0.15) is 11.6 Å². The van der Waals surface area contributed by atoms with E-state index in [9.17, 15) is 9.59 Å². The van der Waals surface area contributed by atoms with Crippen molar-refractivity contribution >= 4 is 58.4 Å². The van der Waals surface area contributed by atoms with Gasteiger partial charge >= 0.3 is 12.1 Å². The molecule has 1 atom stereocenters. The van der Waals surface area contributed by atoms with Crippen LogP contribution in [0, 0.1) is 0 Å². The van der Waals surface area contributed by atoms with Crippen molar-refractivity contribution in [3.63, 3.8) is 0 Å². The number of aromatic nitrogens is 4. The lowest BCUT2D eigenvalue weighted by Gasteiger charge is -2.26. The normalized spacial score (nSPS) is 13.7. The zero-order valence-corrected chi connectivity index (χ0v) is 55.4. The van der Waals surface area contributed by atoms with Crippen molar-refractivity contribution in [3.8, 4) is 44.5 Å². The quantitative estimate of drug-likeness (QED) is 0.130. The van der Waals surface area contributed by atoms with E-state index in [0.29, 0.717) is 0 Å². The smallest absolute Gasteiger partial charge is 0.408 e. The molecule has 5 heterocycles. The molecule has 1 amide bonds. The van der Waals surface area contributed by atoms with Crippen LogP contribution in [-0.2, 0) is 53.2 Å². The number of nitrogens with one attached hydrogen (secondary N) is 3. The SMILES string of the molecule is COC(=O)[C@@H](Cc1ccc(-c2c3nc(c(-c4cc(C(C)(C)C)cc(C(C)(C)C)c4)c4ccc([nH]4)c(-c4cc(C(C)(C)C)cc(C(C)(C)C)c4)c4nc(c(-c5cc(C(C)(C)C)cc(C(C)(C)C)c5)c5ccc2[nH]5)C=C4)C=C3)cc1)NC(=O)OC(C)(C)C.